The van der Waals surface area contributed by atoms with Gasteiger partial charge in [-0.05, 0) is 32.1 Å². The van der Waals surface area contributed by atoms with E-state index in [0.717, 1.165) is 19.3 Å². The summed E-state index contributed by atoms with van der Waals surface area (Å²) in [6.45, 7) is 3.56. The number of aromatic carboxylic acids is 1. The Morgan fingerprint density at radius 1 is 1.47 bits per heavy atom. The third-order valence-electron chi connectivity index (χ3n) is 3.38. The fourth-order valence-electron chi connectivity index (χ4n) is 2.49. The van der Waals surface area contributed by atoms with Crippen molar-refractivity contribution in [1.82, 2.24) is 14.9 Å². The van der Waals surface area contributed by atoms with Crippen molar-refractivity contribution in [3.63, 3.8) is 0 Å². The lowest BCUT2D eigenvalue weighted by atomic mass is 10.1. The van der Waals surface area contributed by atoms with E-state index in [4.69, 9.17) is 5.11 Å². The first-order valence-electron chi connectivity index (χ1n) is 6.12. The molecule has 0 spiro atoms. The van der Waals surface area contributed by atoms with Crippen LogP contribution in [-0.4, -0.2) is 35.7 Å². The lowest BCUT2D eigenvalue weighted by Gasteiger charge is -2.12. The number of nitrogens with zero attached hydrogens (tertiary/aromatic N) is 1. The van der Waals surface area contributed by atoms with Crippen molar-refractivity contribution in [1.29, 1.82) is 0 Å². The summed E-state index contributed by atoms with van der Waals surface area (Å²) < 4.78 is 27.1. The van der Waals surface area contributed by atoms with Crippen molar-refractivity contribution in [2.24, 2.45) is 5.92 Å². The van der Waals surface area contributed by atoms with Gasteiger partial charge in [-0.2, -0.15) is 5.10 Å². The molecule has 1 saturated carbocycles. The number of hydrogen-bond acceptors (Lipinski definition) is 4. The van der Waals surface area contributed by atoms with E-state index < -0.39 is 21.7 Å². The SMILES string of the molecule is Cc1[nH]nc(C(=O)O)c1S(=O)(=O)NC1CCC(C)C1. The lowest BCUT2D eigenvalue weighted by molar-refractivity contribution is 0.0686. The number of hydrogen-bond donors (Lipinski definition) is 3. The van der Waals surface area contributed by atoms with E-state index in [1.54, 1.807) is 0 Å². The summed E-state index contributed by atoms with van der Waals surface area (Å²) in [5.74, 6) is -0.874. The highest BCUT2D eigenvalue weighted by Gasteiger charge is 2.32. The first kappa shape index (κ1) is 14.0. The van der Waals surface area contributed by atoms with Gasteiger partial charge in [0.2, 0.25) is 10.0 Å². The van der Waals surface area contributed by atoms with Gasteiger partial charge in [0.05, 0.1) is 5.69 Å². The van der Waals surface area contributed by atoms with Crippen LogP contribution in [0.1, 0.15) is 42.4 Å². The second-order valence-electron chi connectivity index (χ2n) is 5.07. The Morgan fingerprint density at radius 2 is 2.16 bits per heavy atom. The zero-order valence-electron chi connectivity index (χ0n) is 10.8. The number of carboxylic acid groups (broad SMARTS) is 1. The smallest absolute Gasteiger partial charge is 0.357 e. The molecule has 106 valence electrons. The molecule has 0 aliphatic heterocycles. The van der Waals surface area contributed by atoms with Crippen molar-refractivity contribution in [2.45, 2.75) is 44.0 Å². The number of rotatable bonds is 4. The summed E-state index contributed by atoms with van der Waals surface area (Å²) in [4.78, 5) is 10.7. The van der Waals surface area contributed by atoms with Crippen molar-refractivity contribution in [2.75, 3.05) is 0 Å². The van der Waals surface area contributed by atoms with E-state index in [0.29, 0.717) is 5.92 Å². The molecule has 3 N–H and O–H groups in total. The first-order valence-corrected chi connectivity index (χ1v) is 7.60. The van der Waals surface area contributed by atoms with E-state index in [9.17, 15) is 13.2 Å². The summed E-state index contributed by atoms with van der Waals surface area (Å²) in [7, 11) is -3.85. The third-order valence-corrected chi connectivity index (χ3v) is 5.06. The molecule has 0 amide bonds. The Labute approximate surface area is 111 Å². The average molecular weight is 287 g/mol. The Morgan fingerprint density at radius 3 is 2.68 bits per heavy atom. The standard InChI is InChI=1S/C11H17N3O4S/c1-6-3-4-8(5-6)14-19(17,18)10-7(2)12-13-9(10)11(15)16/h6,8,14H,3-5H2,1-2H3,(H,12,13)(H,15,16). The Hall–Kier alpha value is -1.41. The fourth-order valence-corrected chi connectivity index (χ4v) is 4.09. The Kier molecular flexibility index (Phi) is 3.64. The summed E-state index contributed by atoms with van der Waals surface area (Å²) in [6.07, 6.45) is 2.53. The van der Waals surface area contributed by atoms with E-state index in [-0.39, 0.29) is 16.6 Å². The zero-order valence-corrected chi connectivity index (χ0v) is 11.6. The molecular weight excluding hydrogens is 270 g/mol. The molecule has 1 heterocycles. The summed E-state index contributed by atoms with van der Waals surface area (Å²) >= 11 is 0. The van der Waals surface area contributed by atoms with Crippen molar-refractivity contribution in [3.8, 4) is 0 Å². The average Bonchev–Trinajstić information content (AvgIpc) is 2.84. The number of aromatic amines is 1. The molecule has 1 fully saturated rings. The number of H-pyrrole nitrogens is 1. The molecular formula is C11H17N3O4S. The normalized spacial score (nSPS) is 23.7. The quantitative estimate of drug-likeness (QED) is 0.761. The largest absolute Gasteiger partial charge is 0.476 e. The van der Waals surface area contributed by atoms with Crippen molar-refractivity contribution in [3.05, 3.63) is 11.4 Å². The molecule has 2 rings (SSSR count). The molecule has 2 atom stereocenters. The molecule has 8 heteroatoms. The second kappa shape index (κ2) is 4.93. The van der Waals surface area contributed by atoms with Crippen molar-refractivity contribution >= 4 is 16.0 Å². The van der Waals surface area contributed by atoms with Crippen LogP contribution in [0.15, 0.2) is 4.90 Å². The van der Waals surface area contributed by atoms with Gasteiger partial charge in [0.1, 0.15) is 4.90 Å². The van der Waals surface area contributed by atoms with Crippen LogP contribution in [0.2, 0.25) is 0 Å². The zero-order chi connectivity index (χ0) is 14.2. The fraction of sp³-hybridized carbons (Fsp3) is 0.636. The summed E-state index contributed by atoms with van der Waals surface area (Å²) in [6, 6.07) is -0.129. The maximum absolute atomic E-state index is 12.3. The minimum atomic E-state index is -3.85. The molecule has 0 bridgehead atoms. The number of nitrogens with one attached hydrogen (secondary N) is 2. The van der Waals surface area contributed by atoms with Crippen LogP contribution in [0.25, 0.3) is 0 Å². The predicted molar refractivity (Wildman–Crippen MR) is 67.4 cm³/mol. The van der Waals surface area contributed by atoms with E-state index in [2.05, 4.69) is 21.8 Å². The Bertz CT molecular complexity index is 593. The van der Waals surface area contributed by atoms with E-state index >= 15 is 0 Å². The van der Waals surface area contributed by atoms with E-state index in [1.807, 2.05) is 0 Å². The highest BCUT2D eigenvalue weighted by atomic mass is 32.2. The molecule has 0 saturated heterocycles. The monoisotopic (exact) mass is 287 g/mol. The second-order valence-corrected chi connectivity index (χ2v) is 6.72. The van der Waals surface area contributed by atoms with Gasteiger partial charge in [-0.3, -0.25) is 5.10 Å². The molecule has 2 unspecified atom stereocenters. The van der Waals surface area contributed by atoms with E-state index in [1.165, 1.54) is 6.92 Å². The molecule has 1 aromatic rings. The number of aromatic nitrogens is 2. The molecule has 0 aromatic carbocycles. The molecule has 7 nitrogen and oxygen atoms in total. The van der Waals surface area contributed by atoms with Gasteiger partial charge in [0.25, 0.3) is 0 Å². The highest BCUT2D eigenvalue weighted by Crippen LogP contribution is 2.27. The number of carbonyl (C=O) groups is 1. The maximum atomic E-state index is 12.3. The lowest BCUT2D eigenvalue weighted by Crippen LogP contribution is -2.34. The van der Waals surface area contributed by atoms with Gasteiger partial charge < -0.3 is 5.11 Å². The van der Waals surface area contributed by atoms with Crippen LogP contribution in [0.4, 0.5) is 0 Å². The van der Waals surface area contributed by atoms with Crippen LogP contribution in [0.3, 0.4) is 0 Å². The van der Waals surface area contributed by atoms with Crippen LogP contribution in [0.5, 0.6) is 0 Å². The van der Waals surface area contributed by atoms with Gasteiger partial charge in [-0.25, -0.2) is 17.9 Å². The number of sulfonamides is 1. The van der Waals surface area contributed by atoms with Gasteiger partial charge in [-0.1, -0.05) is 6.92 Å². The van der Waals surface area contributed by atoms with Crippen LogP contribution in [0, 0.1) is 12.8 Å². The summed E-state index contributed by atoms with van der Waals surface area (Å²) in [5, 5.41) is 14.9. The molecule has 1 aliphatic rings. The summed E-state index contributed by atoms with van der Waals surface area (Å²) in [5.41, 5.74) is -0.230. The molecule has 1 aromatic heterocycles. The minimum absolute atomic E-state index is 0.129. The predicted octanol–water partition coefficient (Wildman–Crippen LogP) is 0.883. The van der Waals surface area contributed by atoms with Crippen LogP contribution < -0.4 is 4.72 Å². The Balaban J connectivity index is 2.29. The highest BCUT2D eigenvalue weighted by molar-refractivity contribution is 7.89. The van der Waals surface area contributed by atoms with Gasteiger partial charge in [0.15, 0.2) is 5.69 Å². The van der Waals surface area contributed by atoms with Crippen LogP contribution in [-0.2, 0) is 10.0 Å². The number of carboxylic acids is 1. The van der Waals surface area contributed by atoms with Gasteiger partial charge in [0, 0.05) is 6.04 Å². The van der Waals surface area contributed by atoms with Crippen molar-refractivity contribution < 1.29 is 18.3 Å². The van der Waals surface area contributed by atoms with Gasteiger partial charge >= 0.3 is 5.97 Å². The minimum Gasteiger partial charge on any atom is -0.476 e. The first-order chi connectivity index (χ1) is 8.81. The number of aryl methyl sites for hydroxylation is 1. The molecule has 19 heavy (non-hydrogen) atoms. The van der Waals surface area contributed by atoms with Crippen LogP contribution >= 0.6 is 0 Å². The topological polar surface area (TPSA) is 112 Å². The molecule has 0 radical (unpaired) electrons. The van der Waals surface area contributed by atoms with Gasteiger partial charge in [-0.15, -0.1) is 0 Å². The third kappa shape index (κ3) is 2.79. The maximum Gasteiger partial charge on any atom is 0.357 e. The molecule has 1 aliphatic carbocycles.